The normalized spacial score (nSPS) is 10.7. The number of para-hydroxylation sites is 2. The minimum absolute atomic E-state index is 0.0542. The van der Waals surface area contributed by atoms with Gasteiger partial charge in [0.25, 0.3) is 0 Å². The molecule has 0 heterocycles. The maximum Gasteiger partial charge on any atom is 0.169 e. The first-order valence-electron chi connectivity index (χ1n) is 10.3. The van der Waals surface area contributed by atoms with Crippen molar-refractivity contribution in [2.24, 2.45) is 0 Å². The van der Waals surface area contributed by atoms with E-state index in [0.29, 0.717) is 11.5 Å². The lowest BCUT2D eigenvalue weighted by atomic mass is 10.1. The SMILES string of the molecule is Cc1ccc(O)c(Oc2ccccc2N(c2ccc(O)cc2C)c2ccc(O)cc2C)c1. The van der Waals surface area contributed by atoms with Crippen LogP contribution in [0, 0.1) is 20.8 Å². The molecule has 5 heteroatoms. The first kappa shape index (κ1) is 21.1. The van der Waals surface area contributed by atoms with E-state index in [1.165, 1.54) is 0 Å². The molecule has 0 bridgehead atoms. The van der Waals surface area contributed by atoms with Gasteiger partial charge in [0.05, 0.1) is 5.69 Å². The highest BCUT2D eigenvalue weighted by atomic mass is 16.5. The molecule has 0 saturated carbocycles. The highest BCUT2D eigenvalue weighted by Crippen LogP contribution is 2.45. The molecule has 0 atom stereocenters. The van der Waals surface area contributed by atoms with Crippen molar-refractivity contribution in [3.05, 3.63) is 95.6 Å². The van der Waals surface area contributed by atoms with Crippen molar-refractivity contribution in [2.75, 3.05) is 4.90 Å². The van der Waals surface area contributed by atoms with Crippen LogP contribution in [-0.2, 0) is 0 Å². The average Bonchev–Trinajstić information content (AvgIpc) is 2.74. The summed E-state index contributed by atoms with van der Waals surface area (Å²) in [6.07, 6.45) is 0. The molecule has 0 unspecified atom stereocenters. The Labute approximate surface area is 187 Å². The molecule has 0 amide bonds. The number of aromatic hydroxyl groups is 3. The molecular formula is C27H25NO4. The van der Waals surface area contributed by atoms with E-state index in [2.05, 4.69) is 0 Å². The third kappa shape index (κ3) is 4.18. The van der Waals surface area contributed by atoms with Gasteiger partial charge in [-0.25, -0.2) is 0 Å². The molecule has 5 nitrogen and oxygen atoms in total. The zero-order chi connectivity index (χ0) is 22.8. The molecule has 0 aliphatic heterocycles. The fourth-order valence-electron chi connectivity index (χ4n) is 3.72. The van der Waals surface area contributed by atoms with E-state index in [0.717, 1.165) is 33.8 Å². The zero-order valence-corrected chi connectivity index (χ0v) is 18.2. The highest BCUT2D eigenvalue weighted by Gasteiger charge is 2.21. The van der Waals surface area contributed by atoms with Crippen molar-refractivity contribution in [3.8, 4) is 28.7 Å². The van der Waals surface area contributed by atoms with Crippen molar-refractivity contribution in [3.63, 3.8) is 0 Å². The van der Waals surface area contributed by atoms with Gasteiger partial charge in [0, 0.05) is 11.4 Å². The molecule has 32 heavy (non-hydrogen) atoms. The van der Waals surface area contributed by atoms with Crippen molar-refractivity contribution in [1.82, 2.24) is 0 Å². The molecule has 0 aromatic heterocycles. The van der Waals surface area contributed by atoms with Crippen LogP contribution in [0.4, 0.5) is 17.1 Å². The molecule has 3 N–H and O–H groups in total. The number of hydrogen-bond donors (Lipinski definition) is 3. The van der Waals surface area contributed by atoms with E-state index < -0.39 is 0 Å². The fourth-order valence-corrected chi connectivity index (χ4v) is 3.72. The highest BCUT2D eigenvalue weighted by molar-refractivity contribution is 5.83. The summed E-state index contributed by atoms with van der Waals surface area (Å²) in [5, 5.41) is 30.2. The topological polar surface area (TPSA) is 73.2 Å². The van der Waals surface area contributed by atoms with E-state index in [4.69, 9.17) is 4.74 Å². The molecule has 0 aliphatic carbocycles. The van der Waals surface area contributed by atoms with Gasteiger partial charge in [-0.1, -0.05) is 18.2 Å². The van der Waals surface area contributed by atoms with E-state index >= 15 is 0 Å². The monoisotopic (exact) mass is 427 g/mol. The standard InChI is InChI=1S/C27H25NO4/c1-17-8-13-25(31)27(14-17)32-26-7-5-4-6-24(26)28(22-11-9-20(29)15-18(22)2)23-12-10-21(30)16-19(23)3/h4-16,29-31H,1-3H3. The first-order valence-corrected chi connectivity index (χ1v) is 10.3. The summed E-state index contributed by atoms with van der Waals surface area (Å²) in [5.41, 5.74) is 5.14. The van der Waals surface area contributed by atoms with Gasteiger partial charge in [-0.3, -0.25) is 0 Å². The van der Waals surface area contributed by atoms with Crippen LogP contribution in [0.1, 0.15) is 16.7 Å². The van der Waals surface area contributed by atoms with Gasteiger partial charge >= 0.3 is 0 Å². The van der Waals surface area contributed by atoms with Gasteiger partial charge in [0.2, 0.25) is 0 Å². The lowest BCUT2D eigenvalue weighted by molar-refractivity contribution is 0.411. The lowest BCUT2D eigenvalue weighted by Gasteiger charge is -2.30. The fraction of sp³-hybridized carbons (Fsp3) is 0.111. The van der Waals surface area contributed by atoms with E-state index in [1.54, 1.807) is 36.4 Å². The summed E-state index contributed by atoms with van der Waals surface area (Å²) in [6, 6.07) is 23.2. The van der Waals surface area contributed by atoms with Gasteiger partial charge in [0.1, 0.15) is 11.5 Å². The third-order valence-electron chi connectivity index (χ3n) is 5.28. The Kier molecular flexibility index (Phi) is 5.65. The van der Waals surface area contributed by atoms with Crippen LogP contribution >= 0.6 is 0 Å². The predicted molar refractivity (Wildman–Crippen MR) is 127 cm³/mol. The molecular weight excluding hydrogens is 402 g/mol. The quantitative estimate of drug-likeness (QED) is 0.320. The first-order chi connectivity index (χ1) is 15.3. The number of hydrogen-bond acceptors (Lipinski definition) is 5. The van der Waals surface area contributed by atoms with Crippen LogP contribution in [-0.4, -0.2) is 15.3 Å². The number of phenols is 3. The van der Waals surface area contributed by atoms with Crippen molar-refractivity contribution < 1.29 is 20.1 Å². The molecule has 4 aromatic rings. The Balaban J connectivity index is 1.92. The summed E-state index contributed by atoms with van der Waals surface area (Å²) in [6.45, 7) is 5.78. The Hall–Kier alpha value is -4.12. The van der Waals surface area contributed by atoms with Crippen molar-refractivity contribution >= 4 is 17.1 Å². The predicted octanol–water partition coefficient (Wildman–Crippen LogP) is 6.99. The molecule has 4 aromatic carbocycles. The molecule has 4 rings (SSSR count). The number of benzene rings is 4. The zero-order valence-electron chi connectivity index (χ0n) is 18.2. The molecule has 0 radical (unpaired) electrons. The number of anilines is 3. The smallest absolute Gasteiger partial charge is 0.169 e. The average molecular weight is 428 g/mol. The van der Waals surface area contributed by atoms with E-state index in [-0.39, 0.29) is 17.2 Å². The Morgan fingerprint density at radius 3 is 1.78 bits per heavy atom. The van der Waals surface area contributed by atoms with Crippen LogP contribution in [0.25, 0.3) is 0 Å². The summed E-state index contributed by atoms with van der Waals surface area (Å²) >= 11 is 0. The third-order valence-corrected chi connectivity index (χ3v) is 5.28. The van der Waals surface area contributed by atoms with Gasteiger partial charge in [-0.2, -0.15) is 0 Å². The number of nitrogens with zero attached hydrogens (tertiary/aromatic N) is 1. The second-order valence-electron chi connectivity index (χ2n) is 7.82. The molecule has 162 valence electrons. The largest absolute Gasteiger partial charge is 0.508 e. The Morgan fingerprint density at radius 2 is 1.19 bits per heavy atom. The summed E-state index contributed by atoms with van der Waals surface area (Å²) < 4.78 is 6.18. The van der Waals surface area contributed by atoms with Crippen LogP contribution in [0.3, 0.4) is 0 Å². The lowest BCUT2D eigenvalue weighted by Crippen LogP contribution is -2.13. The van der Waals surface area contributed by atoms with Crippen LogP contribution in [0.15, 0.2) is 78.9 Å². The van der Waals surface area contributed by atoms with Crippen LogP contribution in [0.2, 0.25) is 0 Å². The van der Waals surface area contributed by atoms with Crippen LogP contribution in [0.5, 0.6) is 28.7 Å². The van der Waals surface area contributed by atoms with Gasteiger partial charge < -0.3 is 25.0 Å². The maximum atomic E-state index is 10.3. The van der Waals surface area contributed by atoms with Gasteiger partial charge in [-0.15, -0.1) is 0 Å². The minimum Gasteiger partial charge on any atom is -0.508 e. The second-order valence-corrected chi connectivity index (χ2v) is 7.82. The maximum absolute atomic E-state index is 10.3. The minimum atomic E-state index is 0.0542. The Bertz CT molecular complexity index is 1230. The van der Waals surface area contributed by atoms with E-state index in [9.17, 15) is 15.3 Å². The molecule has 0 spiro atoms. The number of aryl methyl sites for hydroxylation is 3. The molecule has 0 aliphatic rings. The Morgan fingerprint density at radius 1 is 0.594 bits per heavy atom. The summed E-state index contributed by atoms with van der Waals surface area (Å²) in [4.78, 5) is 2.02. The number of rotatable bonds is 5. The van der Waals surface area contributed by atoms with Crippen LogP contribution < -0.4 is 9.64 Å². The summed E-state index contributed by atoms with van der Waals surface area (Å²) in [5.74, 6) is 1.33. The summed E-state index contributed by atoms with van der Waals surface area (Å²) in [7, 11) is 0. The van der Waals surface area contributed by atoms with Crippen molar-refractivity contribution in [1.29, 1.82) is 0 Å². The van der Waals surface area contributed by atoms with Gasteiger partial charge in [0.15, 0.2) is 17.2 Å². The molecule has 0 fully saturated rings. The number of phenolic OH excluding ortho intramolecular Hbond substituents is 3. The second kappa shape index (κ2) is 8.55. The number of ether oxygens (including phenoxy) is 1. The van der Waals surface area contributed by atoms with E-state index in [1.807, 2.05) is 68.1 Å². The molecule has 0 saturated heterocycles. The van der Waals surface area contributed by atoms with Crippen molar-refractivity contribution in [2.45, 2.75) is 20.8 Å². The van der Waals surface area contributed by atoms with Gasteiger partial charge in [-0.05, 0) is 98.1 Å².